The Morgan fingerprint density at radius 3 is 3.00 bits per heavy atom. The first-order valence-corrected chi connectivity index (χ1v) is 7.92. The molecule has 1 N–H and O–H groups in total. The van der Waals surface area contributed by atoms with E-state index >= 15 is 0 Å². The molecule has 2 atom stereocenters. The second-order valence-electron chi connectivity index (χ2n) is 5.66. The second-order valence-corrected chi connectivity index (χ2v) is 6.53. The summed E-state index contributed by atoms with van der Waals surface area (Å²) in [5.74, 6) is 2.75. The van der Waals surface area contributed by atoms with Crippen molar-refractivity contribution < 1.29 is 0 Å². The lowest BCUT2D eigenvalue weighted by Crippen LogP contribution is -2.39. The van der Waals surface area contributed by atoms with Crippen molar-refractivity contribution in [2.24, 2.45) is 11.8 Å². The molecular formula is C14H22N4S. The van der Waals surface area contributed by atoms with Crippen molar-refractivity contribution in [3.63, 3.8) is 0 Å². The molecule has 0 radical (unpaired) electrons. The summed E-state index contributed by atoms with van der Waals surface area (Å²) in [6.07, 6.45) is 3.39. The lowest BCUT2D eigenvalue weighted by molar-refractivity contribution is 0.322. The molecule has 1 aliphatic rings. The third kappa shape index (κ3) is 2.25. The SMILES string of the molecule is CNCc1c(N2CCC(C)C(C)C2)nc2sccn12. The molecule has 0 aliphatic carbocycles. The molecule has 1 fully saturated rings. The van der Waals surface area contributed by atoms with E-state index in [0.29, 0.717) is 0 Å². The number of fused-ring (bicyclic) bond motifs is 1. The number of nitrogens with one attached hydrogen (secondary N) is 1. The van der Waals surface area contributed by atoms with Crippen molar-refractivity contribution in [3.05, 3.63) is 17.3 Å². The molecule has 0 bridgehead atoms. The van der Waals surface area contributed by atoms with Gasteiger partial charge in [-0.25, -0.2) is 4.98 Å². The molecule has 2 aromatic rings. The maximum absolute atomic E-state index is 4.84. The minimum absolute atomic E-state index is 0.746. The van der Waals surface area contributed by atoms with Gasteiger partial charge in [-0.1, -0.05) is 13.8 Å². The first kappa shape index (κ1) is 12.9. The van der Waals surface area contributed by atoms with Crippen LogP contribution >= 0.6 is 11.3 Å². The molecule has 2 unspecified atom stereocenters. The van der Waals surface area contributed by atoms with E-state index in [1.54, 1.807) is 11.3 Å². The van der Waals surface area contributed by atoms with Crippen LogP contribution in [0.4, 0.5) is 5.82 Å². The van der Waals surface area contributed by atoms with Crippen molar-refractivity contribution in [1.82, 2.24) is 14.7 Å². The van der Waals surface area contributed by atoms with Gasteiger partial charge in [-0.05, 0) is 25.3 Å². The van der Waals surface area contributed by atoms with Gasteiger partial charge < -0.3 is 10.2 Å². The highest BCUT2D eigenvalue weighted by Crippen LogP contribution is 2.30. The summed E-state index contributed by atoms with van der Waals surface area (Å²) >= 11 is 1.71. The van der Waals surface area contributed by atoms with E-state index in [1.165, 1.54) is 17.9 Å². The van der Waals surface area contributed by atoms with Crippen LogP contribution in [0.5, 0.6) is 0 Å². The maximum atomic E-state index is 4.84. The van der Waals surface area contributed by atoms with Crippen molar-refractivity contribution in [1.29, 1.82) is 0 Å². The third-order valence-electron chi connectivity index (χ3n) is 4.32. The van der Waals surface area contributed by atoms with Gasteiger partial charge in [-0.15, -0.1) is 11.3 Å². The summed E-state index contributed by atoms with van der Waals surface area (Å²) in [6, 6.07) is 0. The van der Waals surface area contributed by atoms with Crippen molar-refractivity contribution in [2.45, 2.75) is 26.8 Å². The Bertz CT molecular complexity index is 559. The number of anilines is 1. The lowest BCUT2D eigenvalue weighted by atomic mass is 9.89. The van der Waals surface area contributed by atoms with Gasteiger partial charge in [0.1, 0.15) is 0 Å². The topological polar surface area (TPSA) is 32.6 Å². The number of thiazole rings is 1. The number of rotatable bonds is 3. The molecule has 4 nitrogen and oxygen atoms in total. The van der Waals surface area contributed by atoms with Crippen LogP contribution in [-0.4, -0.2) is 29.5 Å². The molecule has 3 heterocycles. The van der Waals surface area contributed by atoms with E-state index in [2.05, 4.69) is 40.0 Å². The zero-order valence-electron chi connectivity index (χ0n) is 11.9. The van der Waals surface area contributed by atoms with Gasteiger partial charge in [0.25, 0.3) is 0 Å². The first-order valence-electron chi connectivity index (χ1n) is 7.04. The zero-order valence-corrected chi connectivity index (χ0v) is 12.7. The number of hydrogen-bond acceptors (Lipinski definition) is 4. The van der Waals surface area contributed by atoms with Gasteiger partial charge in [0.2, 0.25) is 0 Å². The first-order chi connectivity index (χ1) is 9.20. The van der Waals surface area contributed by atoms with Crippen LogP contribution in [0.25, 0.3) is 4.96 Å². The van der Waals surface area contributed by atoms with Crippen molar-refractivity contribution >= 4 is 22.1 Å². The molecule has 2 aromatic heterocycles. The monoisotopic (exact) mass is 278 g/mol. The van der Waals surface area contributed by atoms with Gasteiger partial charge in [0.15, 0.2) is 10.8 Å². The average molecular weight is 278 g/mol. The summed E-state index contributed by atoms with van der Waals surface area (Å²) in [6.45, 7) is 7.85. The average Bonchev–Trinajstić information content (AvgIpc) is 2.96. The summed E-state index contributed by atoms with van der Waals surface area (Å²) in [7, 11) is 2.00. The summed E-state index contributed by atoms with van der Waals surface area (Å²) in [5.41, 5.74) is 1.29. The fourth-order valence-electron chi connectivity index (χ4n) is 2.86. The molecule has 0 aromatic carbocycles. The van der Waals surface area contributed by atoms with Gasteiger partial charge in [0, 0.05) is 31.2 Å². The van der Waals surface area contributed by atoms with Crippen LogP contribution in [0.3, 0.4) is 0 Å². The Morgan fingerprint density at radius 2 is 2.26 bits per heavy atom. The van der Waals surface area contributed by atoms with E-state index < -0.39 is 0 Å². The van der Waals surface area contributed by atoms with Crippen LogP contribution < -0.4 is 10.2 Å². The molecular weight excluding hydrogens is 256 g/mol. The van der Waals surface area contributed by atoms with Crippen LogP contribution in [0.1, 0.15) is 26.0 Å². The maximum Gasteiger partial charge on any atom is 0.195 e. The van der Waals surface area contributed by atoms with Gasteiger partial charge >= 0.3 is 0 Å². The number of nitrogens with zero attached hydrogens (tertiary/aromatic N) is 3. The molecule has 0 saturated carbocycles. The molecule has 1 aliphatic heterocycles. The highest BCUT2D eigenvalue weighted by Gasteiger charge is 2.26. The number of aromatic nitrogens is 2. The molecule has 0 spiro atoms. The van der Waals surface area contributed by atoms with Crippen molar-refractivity contribution in [2.75, 3.05) is 25.0 Å². The fourth-order valence-corrected chi connectivity index (χ4v) is 3.59. The summed E-state index contributed by atoms with van der Waals surface area (Å²) in [4.78, 5) is 8.41. The van der Waals surface area contributed by atoms with Gasteiger partial charge in [-0.3, -0.25) is 4.40 Å². The Morgan fingerprint density at radius 1 is 1.42 bits per heavy atom. The Balaban J connectivity index is 1.95. The van der Waals surface area contributed by atoms with Gasteiger partial charge in [-0.2, -0.15) is 0 Å². The highest BCUT2D eigenvalue weighted by atomic mass is 32.1. The normalized spacial score (nSPS) is 24.3. The van der Waals surface area contributed by atoms with Gasteiger partial charge in [0.05, 0.1) is 5.69 Å². The number of piperidine rings is 1. The molecule has 3 rings (SSSR count). The van der Waals surface area contributed by atoms with Crippen LogP contribution in [0, 0.1) is 11.8 Å². The Labute approximate surface area is 118 Å². The largest absolute Gasteiger partial charge is 0.355 e. The highest BCUT2D eigenvalue weighted by molar-refractivity contribution is 7.15. The minimum atomic E-state index is 0.746. The summed E-state index contributed by atoms with van der Waals surface area (Å²) in [5, 5.41) is 5.37. The van der Waals surface area contributed by atoms with E-state index in [1.807, 2.05) is 7.05 Å². The minimum Gasteiger partial charge on any atom is -0.355 e. The fraction of sp³-hybridized carbons (Fsp3) is 0.643. The van der Waals surface area contributed by atoms with Crippen LogP contribution in [0.2, 0.25) is 0 Å². The number of hydrogen-bond donors (Lipinski definition) is 1. The third-order valence-corrected chi connectivity index (χ3v) is 5.07. The Hall–Kier alpha value is -1.07. The number of imidazole rings is 1. The molecule has 104 valence electrons. The molecule has 5 heteroatoms. The summed E-state index contributed by atoms with van der Waals surface area (Å²) < 4.78 is 2.22. The molecule has 0 amide bonds. The van der Waals surface area contributed by atoms with Crippen molar-refractivity contribution in [3.8, 4) is 0 Å². The van der Waals surface area contributed by atoms with Crippen LogP contribution in [0.15, 0.2) is 11.6 Å². The predicted molar refractivity (Wildman–Crippen MR) is 81.0 cm³/mol. The standard InChI is InChI=1S/C14H22N4S/c1-10-4-5-17(9-11(10)2)13-12(8-15-3)18-6-7-19-14(18)16-13/h6-7,10-11,15H,4-5,8-9H2,1-3H3. The molecule has 19 heavy (non-hydrogen) atoms. The smallest absolute Gasteiger partial charge is 0.195 e. The van der Waals surface area contributed by atoms with Crippen LogP contribution in [-0.2, 0) is 6.54 Å². The van der Waals surface area contributed by atoms with E-state index in [4.69, 9.17) is 4.98 Å². The quantitative estimate of drug-likeness (QED) is 0.936. The molecule has 1 saturated heterocycles. The predicted octanol–water partition coefficient (Wildman–Crippen LogP) is 2.60. The van der Waals surface area contributed by atoms with E-state index in [0.717, 1.165) is 36.4 Å². The van der Waals surface area contributed by atoms with E-state index in [-0.39, 0.29) is 0 Å². The Kier molecular flexibility index (Phi) is 3.50. The van der Waals surface area contributed by atoms with E-state index in [9.17, 15) is 0 Å². The zero-order chi connectivity index (χ0) is 13.4. The lowest BCUT2D eigenvalue weighted by Gasteiger charge is -2.36. The second kappa shape index (κ2) is 5.13.